The maximum Gasteiger partial charge on any atom is 0.220 e. The van der Waals surface area contributed by atoms with Crippen LogP contribution >= 0.6 is 11.6 Å². The molecule has 3 nitrogen and oxygen atoms in total. The Morgan fingerprint density at radius 1 is 1.62 bits per heavy atom. The van der Waals surface area contributed by atoms with Crippen LogP contribution in [0.5, 0.6) is 0 Å². The van der Waals surface area contributed by atoms with Gasteiger partial charge in [0.1, 0.15) is 5.76 Å². The van der Waals surface area contributed by atoms with Crippen molar-refractivity contribution in [2.24, 2.45) is 0 Å². The summed E-state index contributed by atoms with van der Waals surface area (Å²) in [5.74, 6) is 0.958. The normalized spacial score (nSPS) is 21.9. The van der Waals surface area contributed by atoms with Crippen molar-refractivity contribution in [2.45, 2.75) is 25.3 Å². The second-order valence-corrected chi connectivity index (χ2v) is 3.59. The van der Waals surface area contributed by atoms with Crippen LogP contribution < -0.4 is 5.32 Å². The molecule has 13 heavy (non-hydrogen) atoms. The van der Waals surface area contributed by atoms with Crippen LogP contribution in [0.25, 0.3) is 0 Å². The molecule has 0 aliphatic carbocycles. The molecule has 0 spiro atoms. The Morgan fingerprint density at radius 2 is 2.46 bits per heavy atom. The predicted octanol–water partition coefficient (Wildman–Crippen LogP) is 1.75. The lowest BCUT2D eigenvalue weighted by Crippen LogP contribution is -2.26. The first-order valence-electron chi connectivity index (χ1n) is 4.27. The topological polar surface area (TPSA) is 42.2 Å². The third-order valence-corrected chi connectivity index (χ3v) is 2.36. The standard InChI is InChI=1S/C9H10ClNO2/c10-8-3-2-7(13-8)5-6-1-4-9(12)11-6/h2-3,6H,1,4-5H2,(H,11,12). The maximum absolute atomic E-state index is 10.9. The highest BCUT2D eigenvalue weighted by Gasteiger charge is 2.21. The molecule has 4 heteroatoms. The van der Waals surface area contributed by atoms with Crippen LogP contribution in [0.1, 0.15) is 18.6 Å². The summed E-state index contributed by atoms with van der Waals surface area (Å²) in [5.41, 5.74) is 0. The van der Waals surface area contributed by atoms with Crippen LogP contribution in [0.3, 0.4) is 0 Å². The molecule has 0 radical (unpaired) electrons. The van der Waals surface area contributed by atoms with Gasteiger partial charge in [0.2, 0.25) is 5.91 Å². The lowest BCUT2D eigenvalue weighted by Gasteiger charge is -2.06. The van der Waals surface area contributed by atoms with E-state index in [-0.39, 0.29) is 11.9 Å². The highest BCUT2D eigenvalue weighted by molar-refractivity contribution is 6.28. The lowest BCUT2D eigenvalue weighted by atomic mass is 10.1. The summed E-state index contributed by atoms with van der Waals surface area (Å²) in [7, 11) is 0. The number of hydrogen-bond donors (Lipinski definition) is 1. The summed E-state index contributed by atoms with van der Waals surface area (Å²) in [6, 6.07) is 3.77. The monoisotopic (exact) mass is 199 g/mol. The molecule has 1 aliphatic rings. The van der Waals surface area contributed by atoms with Crippen LogP contribution in [0, 0.1) is 0 Å². The van der Waals surface area contributed by atoms with Gasteiger partial charge in [-0.3, -0.25) is 4.79 Å². The Morgan fingerprint density at radius 3 is 3.00 bits per heavy atom. The summed E-state index contributed by atoms with van der Waals surface area (Å²) < 4.78 is 5.19. The van der Waals surface area contributed by atoms with Crippen LogP contribution in [-0.2, 0) is 11.2 Å². The van der Waals surface area contributed by atoms with Crippen LogP contribution in [-0.4, -0.2) is 11.9 Å². The first-order chi connectivity index (χ1) is 6.24. The number of rotatable bonds is 2. The van der Waals surface area contributed by atoms with Gasteiger partial charge in [-0.1, -0.05) is 0 Å². The van der Waals surface area contributed by atoms with Gasteiger partial charge >= 0.3 is 0 Å². The van der Waals surface area contributed by atoms with Gasteiger partial charge in [-0.05, 0) is 30.2 Å². The quantitative estimate of drug-likeness (QED) is 0.789. The molecule has 1 unspecified atom stereocenters. The molecule has 70 valence electrons. The van der Waals surface area contributed by atoms with Crippen molar-refractivity contribution in [1.29, 1.82) is 0 Å². The summed E-state index contributed by atoms with van der Waals surface area (Å²) in [5, 5.41) is 3.27. The van der Waals surface area contributed by atoms with Crippen molar-refractivity contribution in [3.05, 3.63) is 23.1 Å². The molecule has 0 aromatic carbocycles. The molecule has 1 N–H and O–H groups in total. The number of carbonyl (C=O) groups excluding carboxylic acids is 1. The molecular weight excluding hydrogens is 190 g/mol. The van der Waals surface area contributed by atoms with Gasteiger partial charge in [0.05, 0.1) is 0 Å². The largest absolute Gasteiger partial charge is 0.450 e. The Kier molecular flexibility index (Phi) is 2.27. The molecule has 1 saturated heterocycles. The average molecular weight is 200 g/mol. The fourth-order valence-electron chi connectivity index (χ4n) is 1.53. The number of amides is 1. The SMILES string of the molecule is O=C1CCC(Cc2ccc(Cl)o2)N1. The fraction of sp³-hybridized carbons (Fsp3) is 0.444. The number of furan rings is 1. The van der Waals surface area contributed by atoms with Crippen molar-refractivity contribution in [2.75, 3.05) is 0 Å². The molecule has 1 aromatic heterocycles. The van der Waals surface area contributed by atoms with E-state index in [1.807, 2.05) is 6.07 Å². The second-order valence-electron chi connectivity index (χ2n) is 3.21. The zero-order chi connectivity index (χ0) is 9.26. The van der Waals surface area contributed by atoms with E-state index >= 15 is 0 Å². The zero-order valence-corrected chi connectivity index (χ0v) is 7.80. The Bertz CT molecular complexity index is 321. The van der Waals surface area contributed by atoms with Crippen LogP contribution in [0.2, 0.25) is 5.22 Å². The van der Waals surface area contributed by atoms with E-state index in [0.717, 1.165) is 18.6 Å². The van der Waals surface area contributed by atoms with E-state index in [4.69, 9.17) is 16.0 Å². The molecule has 2 rings (SSSR count). The van der Waals surface area contributed by atoms with E-state index in [1.165, 1.54) is 0 Å². The molecule has 0 saturated carbocycles. The summed E-state index contributed by atoms with van der Waals surface area (Å²) in [6.45, 7) is 0. The first-order valence-corrected chi connectivity index (χ1v) is 4.65. The van der Waals surface area contributed by atoms with Crippen molar-refractivity contribution in [1.82, 2.24) is 5.32 Å². The Labute approximate surface area is 81.1 Å². The van der Waals surface area contributed by atoms with Crippen LogP contribution in [0.15, 0.2) is 16.5 Å². The maximum atomic E-state index is 10.9. The van der Waals surface area contributed by atoms with Crippen LogP contribution in [0.4, 0.5) is 0 Å². The molecule has 1 amide bonds. The van der Waals surface area contributed by atoms with Gasteiger partial charge in [0, 0.05) is 18.9 Å². The fourth-order valence-corrected chi connectivity index (χ4v) is 1.70. The number of halogens is 1. The molecule has 1 fully saturated rings. The highest BCUT2D eigenvalue weighted by Crippen LogP contribution is 2.17. The van der Waals surface area contributed by atoms with Gasteiger partial charge in [-0.15, -0.1) is 0 Å². The second kappa shape index (κ2) is 3.42. The van der Waals surface area contributed by atoms with E-state index < -0.39 is 0 Å². The lowest BCUT2D eigenvalue weighted by molar-refractivity contribution is -0.119. The molecule has 0 bridgehead atoms. The Balaban J connectivity index is 1.95. The van der Waals surface area contributed by atoms with Crippen molar-refractivity contribution < 1.29 is 9.21 Å². The first kappa shape index (κ1) is 8.63. The minimum atomic E-state index is 0.127. The smallest absolute Gasteiger partial charge is 0.220 e. The van der Waals surface area contributed by atoms with E-state index in [9.17, 15) is 4.79 Å². The molecular formula is C9H10ClNO2. The molecule has 1 aromatic rings. The number of nitrogens with one attached hydrogen (secondary N) is 1. The average Bonchev–Trinajstić information content (AvgIpc) is 2.62. The Hall–Kier alpha value is -0.960. The third kappa shape index (κ3) is 2.04. The predicted molar refractivity (Wildman–Crippen MR) is 48.6 cm³/mol. The molecule has 1 atom stereocenters. The van der Waals surface area contributed by atoms with Gasteiger partial charge in [0.15, 0.2) is 5.22 Å². The van der Waals surface area contributed by atoms with Gasteiger partial charge in [-0.2, -0.15) is 0 Å². The highest BCUT2D eigenvalue weighted by atomic mass is 35.5. The van der Waals surface area contributed by atoms with Gasteiger partial charge in [-0.25, -0.2) is 0 Å². The van der Waals surface area contributed by atoms with Crippen molar-refractivity contribution in [3.63, 3.8) is 0 Å². The summed E-state index contributed by atoms with van der Waals surface area (Å²) >= 11 is 5.62. The third-order valence-electron chi connectivity index (χ3n) is 2.16. The number of carbonyl (C=O) groups is 1. The molecule has 1 aliphatic heterocycles. The minimum absolute atomic E-state index is 0.127. The van der Waals surface area contributed by atoms with Crippen molar-refractivity contribution in [3.8, 4) is 0 Å². The van der Waals surface area contributed by atoms with E-state index in [0.29, 0.717) is 11.6 Å². The summed E-state index contributed by atoms with van der Waals surface area (Å²) in [4.78, 5) is 10.9. The zero-order valence-electron chi connectivity index (χ0n) is 7.05. The van der Waals surface area contributed by atoms with Gasteiger partial charge in [0.25, 0.3) is 0 Å². The number of hydrogen-bond acceptors (Lipinski definition) is 2. The van der Waals surface area contributed by atoms with Crippen molar-refractivity contribution >= 4 is 17.5 Å². The minimum Gasteiger partial charge on any atom is -0.450 e. The van der Waals surface area contributed by atoms with E-state index in [1.54, 1.807) is 6.07 Å². The molecule has 2 heterocycles. The van der Waals surface area contributed by atoms with E-state index in [2.05, 4.69) is 5.32 Å². The van der Waals surface area contributed by atoms with Gasteiger partial charge < -0.3 is 9.73 Å². The summed E-state index contributed by atoms with van der Waals surface area (Å²) in [6.07, 6.45) is 2.24.